The van der Waals surface area contributed by atoms with Crippen LogP contribution in [-0.4, -0.2) is 31.7 Å². The zero-order chi connectivity index (χ0) is 12.4. The molecule has 0 atom stereocenters. The van der Waals surface area contributed by atoms with E-state index in [2.05, 4.69) is 15.5 Å². The molecule has 0 aliphatic rings. The minimum Gasteiger partial charge on any atom is -0.293 e. The number of hydrogen-bond donors (Lipinski definition) is 0. The first-order valence-corrected chi connectivity index (χ1v) is 6.83. The second-order valence-electron chi connectivity index (χ2n) is 3.62. The molecule has 7 heteroatoms. The van der Waals surface area contributed by atoms with Crippen LogP contribution in [0.15, 0.2) is 11.2 Å². The number of aryl methyl sites for hydroxylation is 3. The van der Waals surface area contributed by atoms with E-state index in [9.17, 15) is 4.79 Å². The molecule has 0 aliphatic carbocycles. The van der Waals surface area contributed by atoms with Crippen molar-refractivity contribution >= 4 is 28.9 Å². The molecule has 17 heavy (non-hydrogen) atoms. The molecule has 0 bridgehead atoms. The third-order valence-electron chi connectivity index (χ3n) is 2.26. The highest BCUT2D eigenvalue weighted by Crippen LogP contribution is 2.23. The van der Waals surface area contributed by atoms with Crippen LogP contribution in [0.3, 0.4) is 0 Å². The van der Waals surface area contributed by atoms with Crippen LogP contribution < -0.4 is 0 Å². The van der Waals surface area contributed by atoms with E-state index in [4.69, 9.17) is 0 Å². The Bertz CT molecular complexity index is 546. The van der Waals surface area contributed by atoms with Gasteiger partial charge in [-0.25, -0.2) is 4.68 Å². The molecule has 0 N–H and O–H groups in total. The Balaban J connectivity index is 2.03. The molecule has 0 saturated heterocycles. The first kappa shape index (κ1) is 12.3. The maximum Gasteiger partial charge on any atom is 0.209 e. The van der Waals surface area contributed by atoms with Gasteiger partial charge in [0.05, 0.1) is 5.75 Å². The van der Waals surface area contributed by atoms with E-state index >= 15 is 0 Å². The fourth-order valence-corrected chi connectivity index (χ4v) is 3.13. The van der Waals surface area contributed by atoms with Gasteiger partial charge < -0.3 is 0 Å². The highest BCUT2D eigenvalue weighted by Gasteiger charge is 2.13. The molecular formula is C10H12N4OS2. The van der Waals surface area contributed by atoms with Crippen molar-refractivity contribution in [2.75, 3.05) is 5.75 Å². The molecule has 0 spiro atoms. The molecule has 0 fully saturated rings. The first-order chi connectivity index (χ1) is 8.08. The van der Waals surface area contributed by atoms with Crippen LogP contribution in [0, 0.1) is 13.8 Å². The topological polar surface area (TPSA) is 60.7 Å². The molecular weight excluding hydrogens is 256 g/mol. The average molecular weight is 268 g/mol. The van der Waals surface area contributed by atoms with Crippen molar-refractivity contribution in [3.63, 3.8) is 0 Å². The summed E-state index contributed by atoms with van der Waals surface area (Å²) in [4.78, 5) is 14.2. The summed E-state index contributed by atoms with van der Waals surface area (Å²) < 4.78 is 1.56. The quantitative estimate of drug-likeness (QED) is 0.625. The number of aromatic nitrogens is 4. The summed E-state index contributed by atoms with van der Waals surface area (Å²) in [7, 11) is 1.76. The number of nitrogens with zero attached hydrogens (tertiary/aromatic N) is 4. The third kappa shape index (κ3) is 2.73. The number of hydrogen-bond acceptors (Lipinski definition) is 6. The summed E-state index contributed by atoms with van der Waals surface area (Å²) in [6.07, 6.45) is 0. The molecule has 2 aromatic rings. The molecule has 0 aliphatic heterocycles. The predicted molar refractivity (Wildman–Crippen MR) is 67.6 cm³/mol. The van der Waals surface area contributed by atoms with E-state index in [-0.39, 0.29) is 5.78 Å². The molecule has 90 valence electrons. The minimum absolute atomic E-state index is 0.125. The first-order valence-electron chi connectivity index (χ1n) is 5.03. The third-order valence-corrected chi connectivity index (χ3v) is 4.23. The number of tetrazole rings is 1. The lowest BCUT2D eigenvalue weighted by Gasteiger charge is -1.99. The molecule has 5 nitrogen and oxygen atoms in total. The average Bonchev–Trinajstić information content (AvgIpc) is 2.81. The van der Waals surface area contributed by atoms with Gasteiger partial charge in [0.2, 0.25) is 5.16 Å². The van der Waals surface area contributed by atoms with Gasteiger partial charge in [0, 0.05) is 22.4 Å². The molecule has 0 radical (unpaired) electrons. The molecule has 2 rings (SSSR count). The number of rotatable bonds is 4. The van der Waals surface area contributed by atoms with Crippen molar-refractivity contribution in [1.82, 2.24) is 20.2 Å². The van der Waals surface area contributed by atoms with E-state index < -0.39 is 0 Å². The van der Waals surface area contributed by atoms with Crippen molar-refractivity contribution in [3.05, 3.63) is 21.4 Å². The molecule has 0 aromatic carbocycles. The Kier molecular flexibility index (Phi) is 3.58. The highest BCUT2D eigenvalue weighted by molar-refractivity contribution is 7.99. The monoisotopic (exact) mass is 268 g/mol. The Hall–Kier alpha value is -1.21. The summed E-state index contributed by atoms with van der Waals surface area (Å²) in [5.41, 5.74) is 0.815. The molecule has 2 heterocycles. The summed E-state index contributed by atoms with van der Waals surface area (Å²) in [5, 5.41) is 11.7. The fourth-order valence-electron chi connectivity index (χ4n) is 1.46. The van der Waals surface area contributed by atoms with Crippen LogP contribution in [0.4, 0.5) is 0 Å². The summed E-state index contributed by atoms with van der Waals surface area (Å²) in [6, 6.07) is 1.94. The van der Waals surface area contributed by atoms with Crippen LogP contribution in [0.2, 0.25) is 0 Å². The van der Waals surface area contributed by atoms with E-state index in [1.54, 1.807) is 23.1 Å². The lowest BCUT2D eigenvalue weighted by Crippen LogP contribution is -2.04. The van der Waals surface area contributed by atoms with Crippen molar-refractivity contribution < 1.29 is 4.79 Å². The van der Waals surface area contributed by atoms with Crippen LogP contribution in [0.1, 0.15) is 20.1 Å². The largest absolute Gasteiger partial charge is 0.293 e. The summed E-state index contributed by atoms with van der Waals surface area (Å²) >= 11 is 3.00. The Morgan fingerprint density at radius 1 is 1.53 bits per heavy atom. The van der Waals surface area contributed by atoms with Gasteiger partial charge in [0.25, 0.3) is 0 Å². The maximum atomic E-state index is 12.0. The van der Waals surface area contributed by atoms with Crippen LogP contribution in [-0.2, 0) is 7.05 Å². The van der Waals surface area contributed by atoms with Gasteiger partial charge in [-0.3, -0.25) is 4.79 Å². The predicted octanol–water partition coefficient (Wildman–Crippen LogP) is 1.86. The Labute approximate surface area is 107 Å². The van der Waals surface area contributed by atoms with Gasteiger partial charge in [0.15, 0.2) is 5.78 Å². The zero-order valence-corrected chi connectivity index (χ0v) is 11.4. The van der Waals surface area contributed by atoms with Crippen molar-refractivity contribution in [3.8, 4) is 0 Å². The Morgan fingerprint density at radius 3 is 2.82 bits per heavy atom. The van der Waals surface area contributed by atoms with Crippen molar-refractivity contribution in [2.24, 2.45) is 7.05 Å². The zero-order valence-electron chi connectivity index (χ0n) is 9.80. The second-order valence-corrected chi connectivity index (χ2v) is 6.03. The van der Waals surface area contributed by atoms with Gasteiger partial charge >= 0.3 is 0 Å². The lowest BCUT2D eigenvalue weighted by molar-refractivity contribution is 0.102. The van der Waals surface area contributed by atoms with Gasteiger partial charge in [-0.05, 0) is 30.3 Å². The van der Waals surface area contributed by atoms with Crippen LogP contribution in [0.25, 0.3) is 0 Å². The molecule has 2 aromatic heterocycles. The lowest BCUT2D eigenvalue weighted by atomic mass is 10.2. The van der Waals surface area contributed by atoms with Crippen LogP contribution >= 0.6 is 23.1 Å². The van der Waals surface area contributed by atoms with Gasteiger partial charge in [-0.2, -0.15) is 0 Å². The number of Topliss-reactive ketones (excluding diaryl/α,β-unsaturated/α-hetero) is 1. The van der Waals surface area contributed by atoms with Crippen LogP contribution in [0.5, 0.6) is 0 Å². The SMILES string of the molecule is Cc1cc(C(=O)CSc2nnnn2C)c(C)s1. The molecule has 0 amide bonds. The number of thioether (sulfide) groups is 1. The smallest absolute Gasteiger partial charge is 0.209 e. The standard InChI is InChI=1S/C10H12N4OS2/c1-6-4-8(7(2)17-6)9(15)5-16-10-11-12-13-14(10)3/h4H,5H2,1-3H3. The van der Waals surface area contributed by atoms with Gasteiger partial charge in [-0.1, -0.05) is 11.8 Å². The van der Waals surface area contributed by atoms with Crippen molar-refractivity contribution in [1.29, 1.82) is 0 Å². The highest BCUT2D eigenvalue weighted by atomic mass is 32.2. The normalized spacial score (nSPS) is 10.8. The number of thiophene rings is 1. The number of carbonyl (C=O) groups is 1. The molecule has 0 unspecified atom stereocenters. The second kappa shape index (κ2) is 4.97. The van der Waals surface area contributed by atoms with Crippen molar-refractivity contribution in [2.45, 2.75) is 19.0 Å². The van der Waals surface area contributed by atoms with E-state index in [1.807, 2.05) is 19.9 Å². The van der Waals surface area contributed by atoms with E-state index in [0.29, 0.717) is 10.9 Å². The summed E-state index contributed by atoms with van der Waals surface area (Å²) in [5.74, 6) is 0.491. The van der Waals surface area contributed by atoms with E-state index in [1.165, 1.54) is 11.8 Å². The maximum absolute atomic E-state index is 12.0. The van der Waals surface area contributed by atoms with Gasteiger partial charge in [0.1, 0.15) is 0 Å². The number of carbonyl (C=O) groups excluding carboxylic acids is 1. The minimum atomic E-state index is 0.125. The molecule has 0 saturated carbocycles. The van der Waals surface area contributed by atoms with Gasteiger partial charge in [-0.15, -0.1) is 16.4 Å². The number of ketones is 1. The van der Waals surface area contributed by atoms with E-state index in [0.717, 1.165) is 15.3 Å². The fraction of sp³-hybridized carbons (Fsp3) is 0.400. The summed E-state index contributed by atoms with van der Waals surface area (Å²) in [6.45, 7) is 3.98. The Morgan fingerprint density at radius 2 is 2.29 bits per heavy atom.